The Morgan fingerprint density at radius 2 is 1.82 bits per heavy atom. The van der Waals surface area contributed by atoms with Gasteiger partial charge in [-0.3, -0.25) is 19.3 Å². The molecule has 1 fully saturated rings. The summed E-state index contributed by atoms with van der Waals surface area (Å²) in [7, 11) is 0. The van der Waals surface area contributed by atoms with Crippen molar-refractivity contribution in [2.75, 3.05) is 18.5 Å². The van der Waals surface area contributed by atoms with Crippen LogP contribution in [0.1, 0.15) is 23.6 Å². The van der Waals surface area contributed by atoms with Gasteiger partial charge in [-0.1, -0.05) is 47.5 Å². The number of hydrogen-bond acceptors (Lipinski definition) is 6. The predicted octanol–water partition coefficient (Wildman–Crippen LogP) is 6.95. The Kier molecular flexibility index (Phi) is 8.99. The van der Waals surface area contributed by atoms with Crippen LogP contribution in [0.2, 0.25) is 10.0 Å². The van der Waals surface area contributed by atoms with E-state index in [1.165, 1.54) is 0 Å². The summed E-state index contributed by atoms with van der Waals surface area (Å²) in [6, 6.07) is 17.8. The molecule has 0 unspecified atom stereocenters. The first-order valence-corrected chi connectivity index (χ1v) is 13.3. The molecule has 1 aliphatic rings. The van der Waals surface area contributed by atoms with Crippen LogP contribution in [-0.2, 0) is 16.2 Å². The summed E-state index contributed by atoms with van der Waals surface area (Å²) in [5, 5.41) is 3.09. The van der Waals surface area contributed by atoms with Gasteiger partial charge in [0.2, 0.25) is 5.91 Å². The molecule has 196 valence electrons. The van der Waals surface area contributed by atoms with Gasteiger partial charge in [0, 0.05) is 10.7 Å². The smallest absolute Gasteiger partial charge is 0.294 e. The third-order valence-electron chi connectivity index (χ3n) is 5.40. The quantitative estimate of drug-likeness (QED) is 0.280. The van der Waals surface area contributed by atoms with Crippen molar-refractivity contribution in [3.05, 3.63) is 92.3 Å². The van der Waals surface area contributed by atoms with E-state index in [1.54, 1.807) is 42.5 Å². The van der Waals surface area contributed by atoms with Gasteiger partial charge in [-0.2, -0.15) is 0 Å². The summed E-state index contributed by atoms with van der Waals surface area (Å²) in [6.45, 7) is 3.96. The van der Waals surface area contributed by atoms with Crippen LogP contribution >= 0.6 is 35.0 Å². The number of hydrogen-bond donors (Lipinski definition) is 1. The number of nitrogens with one attached hydrogen (secondary N) is 1. The fourth-order valence-electron chi connectivity index (χ4n) is 3.67. The summed E-state index contributed by atoms with van der Waals surface area (Å²) in [5.74, 6) is -0.266. The maximum Gasteiger partial charge on any atom is 0.294 e. The van der Waals surface area contributed by atoms with Crippen LogP contribution in [0.5, 0.6) is 11.5 Å². The maximum absolute atomic E-state index is 12.9. The Bertz CT molecular complexity index is 1410. The lowest BCUT2D eigenvalue weighted by Crippen LogP contribution is -2.36. The van der Waals surface area contributed by atoms with E-state index in [-0.39, 0.29) is 16.5 Å². The first-order valence-electron chi connectivity index (χ1n) is 11.7. The van der Waals surface area contributed by atoms with E-state index in [2.05, 4.69) is 5.32 Å². The lowest BCUT2D eigenvalue weighted by atomic mass is 10.1. The lowest BCUT2D eigenvalue weighted by molar-refractivity contribution is -0.127. The van der Waals surface area contributed by atoms with Gasteiger partial charge in [0.25, 0.3) is 11.1 Å². The van der Waals surface area contributed by atoms with Crippen LogP contribution in [0.4, 0.5) is 10.5 Å². The van der Waals surface area contributed by atoms with Crippen molar-refractivity contribution < 1.29 is 23.9 Å². The molecule has 3 amide bonds. The second-order valence-electron chi connectivity index (χ2n) is 8.36. The highest BCUT2D eigenvalue weighted by Gasteiger charge is 2.36. The number of carbonyl (C=O) groups is 3. The van der Waals surface area contributed by atoms with E-state index in [0.29, 0.717) is 34.4 Å². The van der Waals surface area contributed by atoms with Crippen molar-refractivity contribution in [1.29, 1.82) is 0 Å². The second-order valence-corrected chi connectivity index (χ2v) is 10.2. The molecule has 1 heterocycles. The van der Waals surface area contributed by atoms with Crippen molar-refractivity contribution >= 4 is 63.8 Å². The highest BCUT2D eigenvalue weighted by atomic mass is 35.5. The van der Waals surface area contributed by atoms with Gasteiger partial charge in [-0.25, -0.2) is 0 Å². The van der Waals surface area contributed by atoms with Crippen LogP contribution < -0.4 is 14.8 Å². The fraction of sp³-hybridized carbons (Fsp3) is 0.179. The maximum atomic E-state index is 12.9. The molecule has 0 radical (unpaired) electrons. The van der Waals surface area contributed by atoms with Gasteiger partial charge in [-0.05, 0) is 84.8 Å². The Labute approximate surface area is 234 Å². The zero-order chi connectivity index (χ0) is 27.2. The third-order valence-corrected chi connectivity index (χ3v) is 6.84. The van der Waals surface area contributed by atoms with Crippen molar-refractivity contribution in [3.63, 3.8) is 0 Å². The number of carbonyl (C=O) groups excluding carboxylic acids is 3. The number of benzene rings is 3. The van der Waals surface area contributed by atoms with Crippen LogP contribution in [0.3, 0.4) is 0 Å². The van der Waals surface area contributed by atoms with E-state index in [0.717, 1.165) is 27.8 Å². The topological polar surface area (TPSA) is 84.9 Å². The zero-order valence-corrected chi connectivity index (χ0v) is 23.0. The van der Waals surface area contributed by atoms with Gasteiger partial charge in [-0.15, -0.1) is 0 Å². The van der Waals surface area contributed by atoms with Gasteiger partial charge in [0.1, 0.15) is 13.2 Å². The highest BCUT2D eigenvalue weighted by molar-refractivity contribution is 8.18. The average molecular weight is 571 g/mol. The Hall–Kier alpha value is -3.46. The first-order chi connectivity index (χ1) is 18.2. The van der Waals surface area contributed by atoms with Crippen LogP contribution in [0.15, 0.2) is 65.6 Å². The fourth-order valence-corrected chi connectivity index (χ4v) is 4.90. The normalized spacial score (nSPS) is 14.2. The van der Waals surface area contributed by atoms with Crippen molar-refractivity contribution in [2.45, 2.75) is 20.5 Å². The minimum atomic E-state index is -0.559. The molecule has 1 saturated heterocycles. The number of rotatable bonds is 9. The Balaban J connectivity index is 1.48. The molecular weight excluding hydrogens is 547 g/mol. The predicted molar refractivity (Wildman–Crippen MR) is 151 cm³/mol. The molecule has 0 bridgehead atoms. The van der Waals surface area contributed by atoms with Gasteiger partial charge < -0.3 is 14.8 Å². The molecule has 1 N–H and O–H groups in total. The number of imide groups is 1. The van der Waals surface area contributed by atoms with Gasteiger partial charge in [0.15, 0.2) is 11.5 Å². The van der Waals surface area contributed by atoms with E-state index in [4.69, 9.17) is 32.7 Å². The van der Waals surface area contributed by atoms with Crippen LogP contribution in [0.25, 0.3) is 6.08 Å². The lowest BCUT2D eigenvalue weighted by Gasteiger charge is -2.15. The molecule has 0 atom stereocenters. The molecule has 0 spiro atoms. The molecule has 1 aliphatic heterocycles. The largest absolute Gasteiger partial charge is 0.490 e. The minimum absolute atomic E-state index is 0.173. The third kappa shape index (κ3) is 6.89. The Morgan fingerprint density at radius 3 is 2.53 bits per heavy atom. The number of nitrogens with zero attached hydrogens (tertiary/aromatic N) is 1. The number of aryl methyl sites for hydroxylation is 1. The zero-order valence-electron chi connectivity index (χ0n) is 20.6. The first kappa shape index (κ1) is 27.6. The number of anilines is 1. The molecule has 3 aromatic rings. The van der Waals surface area contributed by atoms with E-state index in [1.807, 2.05) is 38.1 Å². The average Bonchev–Trinajstić information content (AvgIpc) is 3.12. The summed E-state index contributed by atoms with van der Waals surface area (Å²) in [4.78, 5) is 39.0. The summed E-state index contributed by atoms with van der Waals surface area (Å²) >= 11 is 13.2. The van der Waals surface area contributed by atoms with Crippen LogP contribution in [-0.4, -0.2) is 35.1 Å². The number of halogens is 2. The number of ether oxygens (including phenoxy) is 2. The SMILES string of the molecule is CCOc1cc(/C=C2\SC(=O)N(CC(=O)Nc3cccc(C)c3)C2=O)cc(Cl)c1OCc1ccc(Cl)cc1. The van der Waals surface area contributed by atoms with Gasteiger partial charge >= 0.3 is 0 Å². The summed E-state index contributed by atoms with van der Waals surface area (Å²) < 4.78 is 11.7. The Morgan fingerprint density at radius 1 is 1.05 bits per heavy atom. The summed E-state index contributed by atoms with van der Waals surface area (Å²) in [5.41, 5.74) is 3.02. The number of amides is 3. The molecule has 4 rings (SSSR count). The molecule has 0 aromatic heterocycles. The molecule has 0 saturated carbocycles. The van der Waals surface area contributed by atoms with E-state index in [9.17, 15) is 14.4 Å². The standard InChI is InChI=1S/C28H24Cl2N2O5S/c1-3-36-23-13-19(12-22(30)26(23)37-16-18-7-9-20(29)10-8-18)14-24-27(34)32(28(35)38-24)15-25(33)31-21-6-4-5-17(2)11-21/h4-14H,3,15-16H2,1-2H3,(H,31,33)/b24-14-. The molecule has 38 heavy (non-hydrogen) atoms. The summed E-state index contributed by atoms with van der Waals surface area (Å²) in [6.07, 6.45) is 1.54. The molecular formula is C28H24Cl2N2O5S. The highest BCUT2D eigenvalue weighted by Crippen LogP contribution is 2.39. The molecule has 7 nitrogen and oxygen atoms in total. The molecule has 0 aliphatic carbocycles. The monoisotopic (exact) mass is 570 g/mol. The van der Waals surface area contributed by atoms with E-state index < -0.39 is 23.6 Å². The van der Waals surface area contributed by atoms with E-state index >= 15 is 0 Å². The molecule has 3 aromatic carbocycles. The van der Waals surface area contributed by atoms with Crippen LogP contribution in [0, 0.1) is 6.92 Å². The molecule has 10 heteroatoms. The van der Waals surface area contributed by atoms with Crippen molar-refractivity contribution in [2.24, 2.45) is 0 Å². The number of thioether (sulfide) groups is 1. The second kappa shape index (κ2) is 12.4. The minimum Gasteiger partial charge on any atom is -0.490 e. The van der Waals surface area contributed by atoms with Gasteiger partial charge in [0.05, 0.1) is 16.5 Å². The van der Waals surface area contributed by atoms with Crippen molar-refractivity contribution in [1.82, 2.24) is 4.90 Å². The van der Waals surface area contributed by atoms with Crippen molar-refractivity contribution in [3.8, 4) is 11.5 Å².